The molecule has 6 aromatic rings. The molecule has 0 aliphatic carbocycles. The maximum absolute atomic E-state index is 13.8. The fourth-order valence-electron chi connectivity index (χ4n) is 8.99. The molecule has 2 unspecified atom stereocenters. The molecule has 0 saturated carbocycles. The van der Waals surface area contributed by atoms with Crippen molar-refractivity contribution >= 4 is 82.0 Å². The number of methoxy groups -OCH3 is 3. The van der Waals surface area contributed by atoms with Crippen molar-refractivity contribution in [2.45, 2.75) is 77.2 Å². The summed E-state index contributed by atoms with van der Waals surface area (Å²) in [6.45, 7) is 2.54. The van der Waals surface area contributed by atoms with Crippen LogP contribution in [0.3, 0.4) is 0 Å². The number of aliphatic carboxylic acids is 1. The molecule has 0 aromatic heterocycles. The van der Waals surface area contributed by atoms with Crippen LogP contribution in [0.15, 0.2) is 131 Å². The number of anilines is 4. The highest BCUT2D eigenvalue weighted by atomic mass is 16.5. The average Bonchev–Trinajstić information content (AvgIpc) is 3.97. The first-order valence-electron chi connectivity index (χ1n) is 24.9. The second kappa shape index (κ2) is 24.8. The van der Waals surface area contributed by atoms with Gasteiger partial charge in [-0.3, -0.25) is 48.6 Å². The molecule has 4 heterocycles. The van der Waals surface area contributed by atoms with Crippen LogP contribution >= 0.6 is 0 Å². The van der Waals surface area contributed by atoms with Crippen molar-refractivity contribution in [2.75, 3.05) is 42.2 Å². The zero-order valence-corrected chi connectivity index (χ0v) is 43.0. The number of carboxylic acids is 1. The number of ether oxygens (including phenoxy) is 5. The first kappa shape index (κ1) is 54.0. The number of amides is 3. The number of carbonyl (C=O) groups is 6. The van der Waals surface area contributed by atoms with Gasteiger partial charge in [-0.05, 0) is 58.7 Å². The average molecular weight is 1040 g/mol. The van der Waals surface area contributed by atoms with Crippen molar-refractivity contribution in [1.82, 2.24) is 0 Å². The maximum Gasteiger partial charge on any atom is 0.306 e. The fourth-order valence-corrected chi connectivity index (χ4v) is 8.99. The van der Waals surface area contributed by atoms with Crippen LogP contribution in [-0.4, -0.2) is 86.4 Å². The van der Waals surface area contributed by atoms with E-state index in [1.165, 1.54) is 7.11 Å². The van der Waals surface area contributed by atoms with E-state index < -0.39 is 11.9 Å². The third-order valence-corrected chi connectivity index (χ3v) is 13.0. The molecule has 0 bridgehead atoms. The Hall–Kier alpha value is -9.32. The summed E-state index contributed by atoms with van der Waals surface area (Å²) in [5.41, 5.74) is 14.9. The Balaban J connectivity index is 0.000000179. The second-order valence-corrected chi connectivity index (χ2v) is 18.2. The van der Waals surface area contributed by atoms with E-state index in [1.807, 2.05) is 97.2 Å². The number of carboxylic acid groups (broad SMARTS) is 1. The number of ketones is 1. The van der Waals surface area contributed by atoms with Gasteiger partial charge in [-0.25, -0.2) is 0 Å². The molecule has 0 radical (unpaired) electrons. The number of hydrogen-bond acceptors (Lipinski definition) is 14. The summed E-state index contributed by atoms with van der Waals surface area (Å²) in [5.74, 6) is 0.0271. The number of esters is 1. The standard InChI is InChI=1S/C30H29N3O5.C24H21N3O3.C5H8O4/c1-3-23(34)11-12-29(35)32-21-10-9-20-13-22-17-31-25-16-28(38-18-19-7-5-4-6-8-19)27(37-2)15-24(25)30(36)33(22)26(20)14-21;1-29-22-11-19-20(12-23(22)30-14-15-5-3-2-4-6-15)26-13-18-9-16-7-8-17(25)10-21(16)27(18)24(19)28;1-9-5(8)3-2-4(6)7/h4-10,14-17,22H,3,11-13,18H2,1-2H3,(H,32,35);2-8,10-13,18H,9,14,25H2,1H3;2-3H2,1H3,(H,6,7). The third-order valence-electron chi connectivity index (χ3n) is 13.0. The third kappa shape index (κ3) is 13.0. The van der Waals surface area contributed by atoms with Crippen LogP contribution in [-0.2, 0) is 50.0 Å². The zero-order chi connectivity index (χ0) is 54.6. The summed E-state index contributed by atoms with van der Waals surface area (Å²) in [6, 6.07) is 37.4. The summed E-state index contributed by atoms with van der Waals surface area (Å²) >= 11 is 0. The summed E-state index contributed by atoms with van der Waals surface area (Å²) < 4.78 is 27.3. The molecule has 0 saturated heterocycles. The van der Waals surface area contributed by atoms with Crippen molar-refractivity contribution in [1.29, 1.82) is 0 Å². The lowest BCUT2D eigenvalue weighted by molar-refractivity contribution is -0.145. The SMILES string of the molecule is CCC(=O)CCC(=O)Nc1ccc2c(c1)N1C(=O)c3cc(OC)c(OCc4ccccc4)cc3N=CC1C2.COC(=O)CCC(=O)O.COc1cc2c(cc1OCc1ccccc1)N=CC1Cc3ccc(N)cc3N1C2=O. The summed E-state index contributed by atoms with van der Waals surface area (Å²) in [6.07, 6.45) is 5.49. The Bertz CT molecular complexity index is 3250. The first-order valence-corrected chi connectivity index (χ1v) is 24.9. The van der Waals surface area contributed by atoms with Gasteiger partial charge in [0.1, 0.15) is 19.0 Å². The number of nitrogens with two attached hydrogens (primary N) is 1. The Morgan fingerprint density at radius 1 is 0.623 bits per heavy atom. The van der Waals surface area contributed by atoms with Crippen LogP contribution in [0, 0.1) is 0 Å². The van der Waals surface area contributed by atoms with Gasteiger partial charge in [0, 0.05) is 68.0 Å². The number of fused-ring (bicyclic) bond motifs is 8. The van der Waals surface area contributed by atoms with E-state index in [0.717, 1.165) is 33.6 Å². The van der Waals surface area contributed by atoms with Gasteiger partial charge in [-0.15, -0.1) is 0 Å². The van der Waals surface area contributed by atoms with Gasteiger partial charge < -0.3 is 39.8 Å². The highest BCUT2D eigenvalue weighted by Gasteiger charge is 2.38. The maximum atomic E-state index is 13.8. The van der Waals surface area contributed by atoms with E-state index in [1.54, 1.807) is 67.5 Å². The van der Waals surface area contributed by atoms with Gasteiger partial charge in [0.25, 0.3) is 11.8 Å². The van der Waals surface area contributed by atoms with Gasteiger partial charge in [-0.2, -0.15) is 0 Å². The van der Waals surface area contributed by atoms with E-state index in [2.05, 4.69) is 20.0 Å². The molecule has 3 amide bonds. The smallest absolute Gasteiger partial charge is 0.306 e. The number of nitrogen functional groups attached to an aromatic ring is 1. The van der Waals surface area contributed by atoms with Crippen LogP contribution in [0.4, 0.5) is 34.1 Å². The minimum absolute atomic E-state index is 0.0498. The lowest BCUT2D eigenvalue weighted by Gasteiger charge is -2.22. The summed E-state index contributed by atoms with van der Waals surface area (Å²) in [7, 11) is 4.33. The molecule has 396 valence electrons. The number of rotatable bonds is 16. The summed E-state index contributed by atoms with van der Waals surface area (Å²) in [5, 5.41) is 10.9. The largest absolute Gasteiger partial charge is 0.493 e. The number of carbonyl (C=O) groups excluding carboxylic acids is 5. The second-order valence-electron chi connectivity index (χ2n) is 18.2. The van der Waals surface area contributed by atoms with E-state index in [0.29, 0.717) is 89.4 Å². The molecule has 18 nitrogen and oxygen atoms in total. The molecule has 4 N–H and O–H groups in total. The molecule has 18 heteroatoms. The van der Waals surface area contributed by atoms with E-state index in [4.69, 9.17) is 29.8 Å². The topological polar surface area (TPSA) is 238 Å². The van der Waals surface area contributed by atoms with Crippen LogP contribution < -0.4 is 39.8 Å². The normalized spacial score (nSPS) is 15.0. The first-order chi connectivity index (χ1) is 37.3. The van der Waals surface area contributed by atoms with Gasteiger partial charge in [0.15, 0.2) is 23.0 Å². The lowest BCUT2D eigenvalue weighted by Crippen LogP contribution is -2.37. The summed E-state index contributed by atoms with van der Waals surface area (Å²) in [4.78, 5) is 84.0. The Morgan fingerprint density at radius 3 is 1.61 bits per heavy atom. The minimum Gasteiger partial charge on any atom is -0.493 e. The van der Waals surface area contributed by atoms with Crippen molar-refractivity contribution in [2.24, 2.45) is 9.98 Å². The van der Waals surface area contributed by atoms with Gasteiger partial charge >= 0.3 is 11.9 Å². The monoisotopic (exact) mass is 1040 g/mol. The molecular weight excluding hydrogens is 985 g/mol. The number of nitrogens with one attached hydrogen (secondary N) is 1. The number of aliphatic imine (C=N–C) groups is 2. The molecular formula is C59H58N6O12. The van der Waals surface area contributed by atoms with E-state index in [-0.39, 0.29) is 61.3 Å². The predicted molar refractivity (Wildman–Crippen MR) is 292 cm³/mol. The van der Waals surface area contributed by atoms with Gasteiger partial charge in [0.2, 0.25) is 5.91 Å². The fraction of sp³-hybridized carbons (Fsp3) is 0.254. The van der Waals surface area contributed by atoms with Gasteiger partial charge in [-0.1, -0.05) is 79.7 Å². The van der Waals surface area contributed by atoms with Crippen molar-refractivity contribution in [3.63, 3.8) is 0 Å². The minimum atomic E-state index is -0.986. The molecule has 4 aliphatic heterocycles. The van der Waals surface area contributed by atoms with Crippen LogP contribution in [0.2, 0.25) is 0 Å². The molecule has 77 heavy (non-hydrogen) atoms. The molecule has 0 fully saturated rings. The number of Topliss-reactive ketones (excluding diaryl/α,β-unsaturated/α-hetero) is 1. The van der Waals surface area contributed by atoms with Crippen molar-refractivity contribution in [3.8, 4) is 23.0 Å². The van der Waals surface area contributed by atoms with E-state index in [9.17, 15) is 28.8 Å². The number of benzene rings is 6. The van der Waals surface area contributed by atoms with Crippen molar-refractivity contribution < 1.29 is 57.6 Å². The molecule has 0 spiro atoms. The molecule has 2 atom stereocenters. The highest BCUT2D eigenvalue weighted by molar-refractivity contribution is 6.16. The lowest BCUT2D eigenvalue weighted by atomic mass is 10.1. The molecule has 10 rings (SSSR count). The van der Waals surface area contributed by atoms with Crippen LogP contribution in [0.1, 0.15) is 82.0 Å². The number of hydrogen-bond donors (Lipinski definition) is 3. The molecule has 4 aliphatic rings. The quantitative estimate of drug-likeness (QED) is 0.0606. The van der Waals surface area contributed by atoms with Crippen molar-refractivity contribution in [3.05, 3.63) is 155 Å². The van der Waals surface area contributed by atoms with Gasteiger partial charge in [0.05, 0.1) is 80.1 Å². The Labute approximate surface area is 445 Å². The molecule has 6 aromatic carbocycles. The van der Waals surface area contributed by atoms with E-state index >= 15 is 0 Å². The predicted octanol–water partition coefficient (Wildman–Crippen LogP) is 9.43. The number of nitrogens with zero attached hydrogens (tertiary/aromatic N) is 4. The van der Waals surface area contributed by atoms with Crippen LogP contribution in [0.5, 0.6) is 23.0 Å². The Morgan fingerprint density at radius 2 is 1.13 bits per heavy atom. The zero-order valence-electron chi connectivity index (χ0n) is 43.0. The highest BCUT2D eigenvalue weighted by Crippen LogP contribution is 2.44. The van der Waals surface area contributed by atoms with Crippen LogP contribution in [0.25, 0.3) is 0 Å². The Kier molecular flexibility index (Phi) is 17.4.